The molecule has 2 heterocycles. The zero-order valence-corrected chi connectivity index (χ0v) is 16.1. The van der Waals surface area contributed by atoms with Crippen LogP contribution in [0, 0.1) is 13.8 Å². The Morgan fingerprint density at radius 3 is 2.44 bits per heavy atom. The third kappa shape index (κ3) is 3.83. The van der Waals surface area contributed by atoms with Gasteiger partial charge in [-0.25, -0.2) is 13.2 Å². The molecule has 2 rings (SSSR count). The standard InChI is InChI=1S/C16H20N2O5S2/c1-5-23-16(20)15-11(3)17-10(2)14(15)12(19)9-18(4)25(21,22)13-7-6-8-24-13/h6-8,17H,5,9H2,1-4H3. The van der Waals surface area contributed by atoms with Gasteiger partial charge in [-0.3, -0.25) is 4.79 Å². The Kier molecular flexibility index (Phi) is 5.81. The first-order valence-corrected chi connectivity index (χ1v) is 9.91. The van der Waals surface area contributed by atoms with Crippen molar-refractivity contribution in [2.24, 2.45) is 0 Å². The van der Waals surface area contributed by atoms with E-state index in [1.165, 1.54) is 13.1 Å². The molecule has 2 aromatic rings. The summed E-state index contributed by atoms with van der Waals surface area (Å²) in [5.41, 5.74) is 1.35. The molecule has 7 nitrogen and oxygen atoms in total. The number of nitrogens with one attached hydrogen (secondary N) is 1. The molecule has 0 aliphatic rings. The van der Waals surface area contributed by atoms with Crippen molar-refractivity contribution in [1.82, 2.24) is 9.29 Å². The number of H-pyrrole nitrogens is 1. The van der Waals surface area contributed by atoms with E-state index in [0.29, 0.717) is 11.4 Å². The number of carbonyl (C=O) groups is 2. The van der Waals surface area contributed by atoms with Gasteiger partial charge in [-0.15, -0.1) is 11.3 Å². The van der Waals surface area contributed by atoms with Crippen LogP contribution in [0.1, 0.15) is 39.0 Å². The van der Waals surface area contributed by atoms with Crippen LogP contribution in [0.15, 0.2) is 21.7 Å². The van der Waals surface area contributed by atoms with E-state index in [4.69, 9.17) is 4.74 Å². The number of ketones is 1. The fraction of sp³-hybridized carbons (Fsp3) is 0.375. The van der Waals surface area contributed by atoms with Gasteiger partial charge in [-0.2, -0.15) is 4.31 Å². The minimum absolute atomic E-state index is 0.159. The van der Waals surface area contributed by atoms with Gasteiger partial charge in [0.05, 0.1) is 24.3 Å². The Morgan fingerprint density at radius 1 is 1.24 bits per heavy atom. The van der Waals surface area contributed by atoms with Gasteiger partial charge in [0.2, 0.25) is 0 Å². The molecule has 1 N–H and O–H groups in total. The second kappa shape index (κ2) is 7.51. The number of carbonyl (C=O) groups excluding carboxylic acids is 2. The molecule has 0 bridgehead atoms. The summed E-state index contributed by atoms with van der Waals surface area (Å²) in [6.45, 7) is 4.82. The van der Waals surface area contributed by atoms with Crippen LogP contribution in [0.5, 0.6) is 0 Å². The highest BCUT2D eigenvalue weighted by atomic mass is 32.2. The van der Waals surface area contributed by atoms with Crippen molar-refractivity contribution in [3.63, 3.8) is 0 Å². The molecule has 9 heteroatoms. The van der Waals surface area contributed by atoms with Gasteiger partial charge in [0.15, 0.2) is 5.78 Å². The Bertz CT molecular complexity index is 882. The minimum Gasteiger partial charge on any atom is -0.462 e. The molecule has 0 aromatic carbocycles. The molecular formula is C16H20N2O5S2. The first-order valence-electron chi connectivity index (χ1n) is 7.59. The Hall–Kier alpha value is -1.97. The lowest BCUT2D eigenvalue weighted by Crippen LogP contribution is -2.32. The molecule has 0 saturated heterocycles. The van der Waals surface area contributed by atoms with Crippen LogP contribution in [0.25, 0.3) is 0 Å². The molecule has 0 fully saturated rings. The Labute approximate surface area is 150 Å². The second-order valence-electron chi connectivity index (χ2n) is 5.46. The topological polar surface area (TPSA) is 96.5 Å². The summed E-state index contributed by atoms with van der Waals surface area (Å²) in [7, 11) is -2.40. The van der Waals surface area contributed by atoms with Crippen molar-refractivity contribution in [3.05, 3.63) is 40.0 Å². The van der Waals surface area contributed by atoms with Crippen LogP contribution < -0.4 is 0 Å². The van der Waals surface area contributed by atoms with Crippen molar-refractivity contribution >= 4 is 33.1 Å². The number of nitrogens with zero attached hydrogens (tertiary/aromatic N) is 1. The summed E-state index contributed by atoms with van der Waals surface area (Å²) in [5, 5.41) is 1.65. The Morgan fingerprint density at radius 2 is 1.88 bits per heavy atom. The molecule has 136 valence electrons. The largest absolute Gasteiger partial charge is 0.462 e. The van der Waals surface area contributed by atoms with Gasteiger partial charge >= 0.3 is 5.97 Å². The Balaban J connectivity index is 2.31. The van der Waals surface area contributed by atoms with E-state index in [1.807, 2.05) is 0 Å². The number of hydrogen-bond donors (Lipinski definition) is 1. The maximum Gasteiger partial charge on any atom is 0.340 e. The highest BCUT2D eigenvalue weighted by molar-refractivity contribution is 7.91. The van der Waals surface area contributed by atoms with Gasteiger partial charge in [-0.05, 0) is 32.2 Å². The van der Waals surface area contributed by atoms with Crippen LogP contribution in [0.3, 0.4) is 0 Å². The predicted molar refractivity (Wildman–Crippen MR) is 94.7 cm³/mol. The lowest BCUT2D eigenvalue weighted by atomic mass is 10.0. The summed E-state index contributed by atoms with van der Waals surface area (Å²) < 4.78 is 31.1. The van der Waals surface area contributed by atoms with E-state index >= 15 is 0 Å². The summed E-state index contributed by atoms with van der Waals surface area (Å²) in [4.78, 5) is 27.8. The van der Waals surface area contributed by atoms with Crippen molar-refractivity contribution in [3.8, 4) is 0 Å². The van der Waals surface area contributed by atoms with Gasteiger partial charge in [-0.1, -0.05) is 6.07 Å². The first-order chi connectivity index (χ1) is 11.7. The molecule has 0 aliphatic heterocycles. The fourth-order valence-electron chi connectivity index (χ4n) is 2.52. The maximum absolute atomic E-state index is 12.7. The molecule has 0 saturated carbocycles. The molecule has 0 aliphatic carbocycles. The number of aromatic amines is 1. The quantitative estimate of drug-likeness (QED) is 0.584. The smallest absolute Gasteiger partial charge is 0.340 e. The number of aryl methyl sites for hydroxylation is 2. The average molecular weight is 384 g/mol. The van der Waals surface area contributed by atoms with Crippen LogP contribution in [0.2, 0.25) is 0 Å². The highest BCUT2D eigenvalue weighted by Crippen LogP contribution is 2.23. The predicted octanol–water partition coefficient (Wildman–Crippen LogP) is 2.37. The van der Waals surface area contributed by atoms with E-state index in [9.17, 15) is 18.0 Å². The fourth-order valence-corrected chi connectivity index (χ4v) is 4.85. The molecular weight excluding hydrogens is 364 g/mol. The van der Waals surface area contributed by atoms with E-state index in [-0.39, 0.29) is 28.5 Å². The van der Waals surface area contributed by atoms with Gasteiger partial charge in [0.25, 0.3) is 10.0 Å². The molecule has 0 spiro atoms. The molecule has 25 heavy (non-hydrogen) atoms. The number of aromatic nitrogens is 1. The lowest BCUT2D eigenvalue weighted by Gasteiger charge is -2.15. The second-order valence-corrected chi connectivity index (χ2v) is 8.68. The molecule has 0 amide bonds. The average Bonchev–Trinajstić information content (AvgIpc) is 3.15. The number of hydrogen-bond acceptors (Lipinski definition) is 6. The molecule has 2 aromatic heterocycles. The zero-order valence-electron chi connectivity index (χ0n) is 14.5. The third-order valence-corrected chi connectivity index (χ3v) is 6.84. The van der Waals surface area contributed by atoms with Crippen molar-refractivity contribution in [2.45, 2.75) is 25.0 Å². The van der Waals surface area contributed by atoms with Crippen molar-refractivity contribution in [2.75, 3.05) is 20.2 Å². The normalized spacial score (nSPS) is 11.7. The van der Waals surface area contributed by atoms with Crippen LogP contribution in [-0.4, -0.2) is 49.7 Å². The van der Waals surface area contributed by atoms with Gasteiger partial charge in [0, 0.05) is 18.4 Å². The summed E-state index contributed by atoms with van der Waals surface area (Å²) >= 11 is 1.08. The summed E-state index contributed by atoms with van der Waals surface area (Å²) in [6.07, 6.45) is 0. The highest BCUT2D eigenvalue weighted by Gasteiger charge is 2.29. The number of thiophene rings is 1. The number of esters is 1. The number of Topliss-reactive ketones (excluding diaryl/α,β-unsaturated/α-hetero) is 1. The molecule has 0 radical (unpaired) electrons. The van der Waals surface area contributed by atoms with Crippen molar-refractivity contribution < 1.29 is 22.7 Å². The zero-order chi connectivity index (χ0) is 18.8. The first kappa shape index (κ1) is 19.4. The monoisotopic (exact) mass is 384 g/mol. The van der Waals surface area contributed by atoms with Crippen LogP contribution >= 0.6 is 11.3 Å². The number of likely N-dealkylation sites (N-methyl/N-ethyl adjacent to an activating group) is 1. The summed E-state index contributed by atoms with van der Waals surface area (Å²) in [6, 6.07) is 3.11. The van der Waals surface area contributed by atoms with Crippen molar-refractivity contribution in [1.29, 1.82) is 0 Å². The van der Waals surface area contributed by atoms with E-state index in [2.05, 4.69) is 4.98 Å². The number of ether oxygens (including phenoxy) is 1. The van der Waals surface area contributed by atoms with E-state index in [1.54, 1.807) is 32.2 Å². The van der Waals surface area contributed by atoms with E-state index < -0.39 is 21.8 Å². The number of rotatable bonds is 7. The molecule has 0 unspecified atom stereocenters. The SMILES string of the molecule is CCOC(=O)c1c(C)[nH]c(C)c1C(=O)CN(C)S(=O)(=O)c1cccs1. The third-order valence-electron chi connectivity index (χ3n) is 3.66. The van der Waals surface area contributed by atoms with Crippen LogP contribution in [-0.2, 0) is 14.8 Å². The van der Waals surface area contributed by atoms with Gasteiger partial charge in [0.1, 0.15) is 4.21 Å². The number of sulfonamides is 1. The van der Waals surface area contributed by atoms with E-state index in [0.717, 1.165) is 15.6 Å². The lowest BCUT2D eigenvalue weighted by molar-refractivity contribution is 0.0522. The minimum atomic E-state index is -3.74. The van der Waals surface area contributed by atoms with Crippen LogP contribution in [0.4, 0.5) is 0 Å². The summed E-state index contributed by atoms with van der Waals surface area (Å²) in [5.74, 6) is -1.07. The van der Waals surface area contributed by atoms with Gasteiger partial charge < -0.3 is 9.72 Å². The maximum atomic E-state index is 12.7. The molecule has 0 atom stereocenters.